The molecular formula is C18H17F3N6O5S2. The summed E-state index contributed by atoms with van der Waals surface area (Å²) in [5.41, 5.74) is 0.419. The molecule has 3 aromatic rings. The summed E-state index contributed by atoms with van der Waals surface area (Å²) in [4.78, 5) is 26.0. The molecule has 1 aliphatic rings. The maximum absolute atomic E-state index is 13.1. The first kappa shape index (κ1) is 23.9. The number of piperazine rings is 1. The van der Waals surface area contributed by atoms with Crippen LogP contribution in [0.2, 0.25) is 0 Å². The number of hydrogen-bond acceptors (Lipinski definition) is 10. The average Bonchev–Trinajstić information content (AvgIpc) is 3.21. The number of hydrogen-bond donors (Lipinski definition) is 2. The van der Waals surface area contributed by atoms with Crippen molar-refractivity contribution < 1.29 is 36.2 Å². The number of carboxylic acids is 1. The molecule has 1 aromatic carbocycles. The highest BCUT2D eigenvalue weighted by Gasteiger charge is 2.41. The monoisotopic (exact) mass is 518 g/mol. The van der Waals surface area contributed by atoms with Crippen molar-refractivity contribution in [3.8, 4) is 5.75 Å². The number of ether oxygens (including phenoxy) is 1. The summed E-state index contributed by atoms with van der Waals surface area (Å²) in [5, 5.41) is 13.0. The summed E-state index contributed by atoms with van der Waals surface area (Å²) < 4.78 is 68.5. The second-order valence-electron chi connectivity index (χ2n) is 7.06. The molecule has 0 spiro atoms. The minimum atomic E-state index is -4.92. The van der Waals surface area contributed by atoms with Gasteiger partial charge in [-0.1, -0.05) is 11.3 Å². The molecule has 4 rings (SSSR count). The largest absolute Gasteiger partial charge is 0.573 e. The molecule has 0 bridgehead atoms. The smallest absolute Gasteiger partial charge is 0.480 e. The lowest BCUT2D eigenvalue weighted by atomic mass is 10.2. The van der Waals surface area contributed by atoms with Crippen molar-refractivity contribution in [2.75, 3.05) is 36.9 Å². The van der Waals surface area contributed by atoms with Gasteiger partial charge in [0.2, 0.25) is 16.0 Å². The zero-order valence-electron chi connectivity index (χ0n) is 17.4. The molecule has 34 heavy (non-hydrogen) atoms. The fourth-order valence-corrected chi connectivity index (χ4v) is 5.84. The highest BCUT2D eigenvalue weighted by Crippen LogP contribution is 2.31. The molecule has 1 atom stereocenters. The van der Waals surface area contributed by atoms with Gasteiger partial charge in [0, 0.05) is 26.7 Å². The van der Waals surface area contributed by atoms with Gasteiger partial charge in [0.1, 0.15) is 11.8 Å². The number of halogens is 3. The summed E-state index contributed by atoms with van der Waals surface area (Å²) >= 11 is 1.24. The van der Waals surface area contributed by atoms with Gasteiger partial charge in [-0.15, -0.1) is 13.2 Å². The molecule has 11 nitrogen and oxygen atoms in total. The second kappa shape index (κ2) is 8.84. The Hall–Kier alpha value is -3.24. The fourth-order valence-electron chi connectivity index (χ4n) is 3.36. The van der Waals surface area contributed by atoms with Gasteiger partial charge >= 0.3 is 12.3 Å². The van der Waals surface area contributed by atoms with E-state index in [1.807, 2.05) is 0 Å². The second-order valence-corrected chi connectivity index (χ2v) is 9.96. The molecule has 1 saturated heterocycles. The van der Waals surface area contributed by atoms with Crippen molar-refractivity contribution in [2.24, 2.45) is 0 Å². The molecule has 1 fully saturated rings. The quantitative estimate of drug-likeness (QED) is 0.498. The van der Waals surface area contributed by atoms with Crippen LogP contribution in [-0.4, -0.2) is 77.8 Å². The summed E-state index contributed by atoms with van der Waals surface area (Å²) in [7, 11) is -2.66. The number of nitrogens with zero attached hydrogens (tertiary/aromatic N) is 5. The van der Waals surface area contributed by atoms with E-state index in [4.69, 9.17) is 0 Å². The van der Waals surface area contributed by atoms with Crippen molar-refractivity contribution in [1.29, 1.82) is 0 Å². The van der Waals surface area contributed by atoms with E-state index in [0.717, 1.165) is 28.6 Å². The van der Waals surface area contributed by atoms with Crippen LogP contribution in [-0.2, 0) is 14.8 Å². The number of anilines is 2. The fraction of sp³-hybridized carbons (Fsp3) is 0.333. The Kier molecular flexibility index (Phi) is 6.22. The van der Waals surface area contributed by atoms with E-state index < -0.39 is 34.1 Å². The van der Waals surface area contributed by atoms with Crippen molar-refractivity contribution in [3.63, 3.8) is 0 Å². The molecule has 182 valence electrons. The number of sulfonamides is 1. The van der Waals surface area contributed by atoms with Crippen LogP contribution in [0.5, 0.6) is 5.75 Å². The third-order valence-corrected chi connectivity index (χ3v) is 7.88. The van der Waals surface area contributed by atoms with Crippen LogP contribution in [0.3, 0.4) is 0 Å². The molecule has 0 radical (unpaired) electrons. The highest BCUT2D eigenvalue weighted by atomic mass is 32.2. The van der Waals surface area contributed by atoms with Gasteiger partial charge < -0.3 is 20.1 Å². The molecular weight excluding hydrogens is 501 g/mol. The lowest BCUT2D eigenvalue weighted by molar-refractivity contribution is -0.274. The zero-order chi connectivity index (χ0) is 24.7. The Balaban J connectivity index is 1.57. The third-order valence-electron chi connectivity index (χ3n) is 4.91. The first-order valence-electron chi connectivity index (χ1n) is 9.64. The van der Waals surface area contributed by atoms with Crippen LogP contribution in [0.15, 0.2) is 35.4 Å². The number of alkyl halides is 3. The van der Waals surface area contributed by atoms with Gasteiger partial charge in [-0.05, 0) is 24.3 Å². The molecule has 2 N–H and O–H groups in total. The number of aliphatic carboxylic acids is 1. The Morgan fingerprint density at radius 2 is 1.94 bits per heavy atom. The Labute approximate surface area is 194 Å². The number of benzene rings is 1. The topological polar surface area (TPSA) is 138 Å². The lowest BCUT2D eigenvalue weighted by Gasteiger charge is -2.38. The minimum Gasteiger partial charge on any atom is -0.480 e. The van der Waals surface area contributed by atoms with Gasteiger partial charge in [-0.3, -0.25) is 4.79 Å². The van der Waals surface area contributed by atoms with Gasteiger partial charge in [-0.2, -0.15) is 14.3 Å². The number of nitrogens with one attached hydrogen (secondary N) is 1. The molecule has 16 heteroatoms. The first-order valence-corrected chi connectivity index (χ1v) is 11.9. The molecule has 0 amide bonds. The van der Waals surface area contributed by atoms with Gasteiger partial charge in [0.15, 0.2) is 10.8 Å². The molecule has 3 heterocycles. The molecule has 0 aliphatic carbocycles. The van der Waals surface area contributed by atoms with Crippen LogP contribution >= 0.6 is 11.3 Å². The van der Waals surface area contributed by atoms with Crippen molar-refractivity contribution in [3.05, 3.63) is 30.5 Å². The van der Waals surface area contributed by atoms with Crippen molar-refractivity contribution >= 4 is 48.8 Å². The van der Waals surface area contributed by atoms with Crippen molar-refractivity contribution in [1.82, 2.24) is 19.3 Å². The maximum Gasteiger partial charge on any atom is 0.573 e. The predicted octanol–water partition coefficient (Wildman–Crippen LogP) is 1.99. The number of fused-ring (bicyclic) bond motifs is 1. The number of rotatable bonds is 6. The first-order chi connectivity index (χ1) is 16.0. The third kappa shape index (κ3) is 4.83. The van der Waals surface area contributed by atoms with Crippen LogP contribution in [0.25, 0.3) is 10.3 Å². The van der Waals surface area contributed by atoms with E-state index in [0.29, 0.717) is 21.4 Å². The SMILES string of the molecule is CNc1ncc2sc(N3CCN(S(=O)(=O)c4ccc(OC(F)(F)F)cc4)[C@@H](C(=O)O)C3)nc2n1. The predicted molar refractivity (Wildman–Crippen MR) is 115 cm³/mol. The maximum atomic E-state index is 13.1. The minimum absolute atomic E-state index is 0.143. The zero-order valence-corrected chi connectivity index (χ0v) is 19.0. The Bertz CT molecular complexity index is 1320. The number of carbonyl (C=O) groups is 1. The molecule has 0 unspecified atom stereocenters. The normalized spacial score (nSPS) is 17.6. The van der Waals surface area contributed by atoms with Gasteiger partial charge in [-0.25, -0.2) is 13.4 Å². The van der Waals surface area contributed by atoms with Crippen molar-refractivity contribution in [2.45, 2.75) is 17.3 Å². The van der Waals surface area contributed by atoms with Crippen LogP contribution in [0.4, 0.5) is 24.3 Å². The number of carboxylic acid groups (broad SMARTS) is 1. The average molecular weight is 518 g/mol. The van der Waals surface area contributed by atoms with E-state index in [-0.39, 0.29) is 24.5 Å². The Morgan fingerprint density at radius 1 is 1.24 bits per heavy atom. The highest BCUT2D eigenvalue weighted by molar-refractivity contribution is 7.89. The lowest BCUT2D eigenvalue weighted by Crippen LogP contribution is -2.58. The molecule has 1 aliphatic heterocycles. The summed E-state index contributed by atoms with van der Waals surface area (Å²) in [6.07, 6.45) is -3.34. The number of aromatic nitrogens is 3. The standard InChI is InChI=1S/C18H17F3N6O5S2/c1-22-16-23-8-13-14(24-16)25-17(33-13)26-6-7-27(12(9-26)15(28)29)34(30,31)11-4-2-10(3-5-11)32-18(19,20)21/h2-5,8,12H,6-7,9H2,1H3,(H,28,29)(H,22,23,24)/t12-/m1/s1. The van der Waals surface area contributed by atoms with Gasteiger partial charge in [0.25, 0.3) is 0 Å². The van der Waals surface area contributed by atoms with E-state index >= 15 is 0 Å². The summed E-state index contributed by atoms with van der Waals surface area (Å²) in [6.45, 7) is -0.218. The summed E-state index contributed by atoms with van der Waals surface area (Å²) in [5.74, 6) is -1.59. The molecule has 2 aromatic heterocycles. The van der Waals surface area contributed by atoms with Crippen LogP contribution in [0, 0.1) is 0 Å². The molecule has 0 saturated carbocycles. The van der Waals surface area contributed by atoms with E-state index in [1.54, 1.807) is 18.1 Å². The Morgan fingerprint density at radius 3 is 2.56 bits per heavy atom. The van der Waals surface area contributed by atoms with Crippen LogP contribution in [0.1, 0.15) is 0 Å². The van der Waals surface area contributed by atoms with Gasteiger partial charge in [0.05, 0.1) is 15.8 Å². The summed E-state index contributed by atoms with van der Waals surface area (Å²) in [6, 6.07) is 2.14. The van der Waals surface area contributed by atoms with E-state index in [2.05, 4.69) is 25.0 Å². The van der Waals surface area contributed by atoms with E-state index in [1.165, 1.54) is 11.3 Å². The van der Waals surface area contributed by atoms with E-state index in [9.17, 15) is 31.5 Å². The van der Waals surface area contributed by atoms with Crippen LogP contribution < -0.4 is 15.0 Å². The number of thiazole rings is 1.